The summed E-state index contributed by atoms with van der Waals surface area (Å²) in [4.78, 5) is 0. The van der Waals surface area contributed by atoms with Crippen molar-refractivity contribution in [1.29, 1.82) is 0 Å². The quantitative estimate of drug-likeness (QED) is 0.225. The van der Waals surface area contributed by atoms with Crippen LogP contribution in [0.4, 0.5) is 0 Å². The van der Waals surface area contributed by atoms with Crippen molar-refractivity contribution in [3.8, 4) is 0 Å². The molecule has 0 aliphatic rings. The molecule has 8 N–H and O–H groups in total. The Morgan fingerprint density at radius 3 is 1.05 bits per heavy atom. The van der Waals surface area contributed by atoms with E-state index in [2.05, 4.69) is 0 Å². The molecule has 0 saturated heterocycles. The molecule has 0 aromatic carbocycles. The maximum atomic E-state index is 8.96. The number of aliphatic hydroxyl groups is 8. The minimum atomic E-state index is -1.67. The number of rotatable bonds is 8. The first kappa shape index (κ1) is 25.6. The molecular formula is C12H30O9. The van der Waals surface area contributed by atoms with Crippen LogP contribution in [0.1, 0.15) is 13.8 Å². The fourth-order valence-electron chi connectivity index (χ4n) is 0.875. The summed E-state index contributed by atoms with van der Waals surface area (Å²) < 4.78 is 4.83. The average molecular weight is 318 g/mol. The maximum absolute atomic E-state index is 8.96. The van der Waals surface area contributed by atoms with E-state index in [0.717, 1.165) is 13.2 Å². The third kappa shape index (κ3) is 17.6. The molecule has 0 rings (SSSR count). The van der Waals surface area contributed by atoms with E-state index in [1.165, 1.54) is 0 Å². The predicted octanol–water partition coefficient (Wildman–Crippen LogP) is -3.57. The van der Waals surface area contributed by atoms with Crippen LogP contribution in [0.2, 0.25) is 0 Å². The summed E-state index contributed by atoms with van der Waals surface area (Å²) in [5.74, 6) is 0. The van der Waals surface area contributed by atoms with Gasteiger partial charge in [-0.3, -0.25) is 0 Å². The number of ether oxygens (including phenoxy) is 1. The molecule has 0 aromatic rings. The fourth-order valence-corrected chi connectivity index (χ4v) is 0.875. The zero-order valence-corrected chi connectivity index (χ0v) is 12.5. The average Bonchev–Trinajstić information content (AvgIpc) is 2.53. The molecule has 0 bridgehead atoms. The van der Waals surface area contributed by atoms with E-state index in [-0.39, 0.29) is 13.2 Å². The van der Waals surface area contributed by atoms with Crippen LogP contribution in [-0.4, -0.2) is 105 Å². The minimum absolute atomic E-state index is 0.125. The lowest BCUT2D eigenvalue weighted by molar-refractivity contribution is -0.123. The van der Waals surface area contributed by atoms with Gasteiger partial charge in [0.15, 0.2) is 0 Å². The standard InChI is InChI=1S/C6H14O6.C4H10O.C2H6O2/c7-1-3(9)5(11)6(12)4(10)2-8;1-3-5-4-2;3-1-2-4/h3-12H,1-2H2;3-4H2,1-2H3;3-4H,1-2H2/t3-,4+,5-,6-;;/m1../s1. The van der Waals surface area contributed by atoms with Crippen molar-refractivity contribution in [3.05, 3.63) is 0 Å². The molecule has 4 atom stereocenters. The molecular weight excluding hydrogens is 288 g/mol. The summed E-state index contributed by atoms with van der Waals surface area (Å²) in [6.45, 7) is 3.97. The van der Waals surface area contributed by atoms with Gasteiger partial charge in [-0.2, -0.15) is 0 Å². The van der Waals surface area contributed by atoms with Gasteiger partial charge < -0.3 is 45.6 Å². The summed E-state index contributed by atoms with van der Waals surface area (Å²) >= 11 is 0. The first-order valence-corrected chi connectivity index (χ1v) is 6.61. The van der Waals surface area contributed by atoms with Crippen LogP contribution in [0.25, 0.3) is 0 Å². The normalized spacial score (nSPS) is 15.7. The third-order valence-electron chi connectivity index (χ3n) is 2.02. The maximum Gasteiger partial charge on any atom is 0.111 e. The van der Waals surface area contributed by atoms with Gasteiger partial charge in [-0.25, -0.2) is 0 Å². The highest BCUT2D eigenvalue weighted by Gasteiger charge is 2.29. The van der Waals surface area contributed by atoms with E-state index in [9.17, 15) is 0 Å². The highest BCUT2D eigenvalue weighted by atomic mass is 16.5. The second-order valence-electron chi connectivity index (χ2n) is 3.71. The van der Waals surface area contributed by atoms with Crippen molar-refractivity contribution >= 4 is 0 Å². The van der Waals surface area contributed by atoms with Gasteiger partial charge >= 0.3 is 0 Å². The molecule has 0 aromatic heterocycles. The van der Waals surface area contributed by atoms with Gasteiger partial charge in [-0.05, 0) is 13.8 Å². The summed E-state index contributed by atoms with van der Waals surface area (Å²) in [5, 5.41) is 67.4. The minimum Gasteiger partial charge on any atom is -0.394 e. The van der Waals surface area contributed by atoms with E-state index < -0.39 is 37.6 Å². The zero-order valence-electron chi connectivity index (χ0n) is 12.5. The topological polar surface area (TPSA) is 171 Å². The van der Waals surface area contributed by atoms with Crippen molar-refractivity contribution in [2.24, 2.45) is 0 Å². The van der Waals surface area contributed by atoms with Crippen LogP contribution in [0.5, 0.6) is 0 Å². The molecule has 0 saturated carbocycles. The van der Waals surface area contributed by atoms with Crippen LogP contribution in [0, 0.1) is 0 Å². The lowest BCUT2D eigenvalue weighted by Crippen LogP contribution is -2.46. The highest BCUT2D eigenvalue weighted by molar-refractivity contribution is 4.79. The highest BCUT2D eigenvalue weighted by Crippen LogP contribution is 2.03. The Balaban J connectivity index is -0.000000297. The summed E-state index contributed by atoms with van der Waals surface area (Å²) in [6.07, 6.45) is -6.39. The predicted molar refractivity (Wildman–Crippen MR) is 74.5 cm³/mol. The Hall–Kier alpha value is -0.360. The molecule has 0 aliphatic carbocycles. The fraction of sp³-hybridized carbons (Fsp3) is 1.00. The van der Waals surface area contributed by atoms with Crippen LogP contribution in [0.3, 0.4) is 0 Å². The summed E-state index contributed by atoms with van der Waals surface area (Å²) in [5.41, 5.74) is 0. The SMILES string of the molecule is CCOCC.OCCO.OC[C@@H](O)[C@@H](O)[C@H](O)[C@@H](O)CO. The lowest BCUT2D eigenvalue weighted by atomic mass is 10.0. The second-order valence-corrected chi connectivity index (χ2v) is 3.71. The Morgan fingerprint density at radius 1 is 0.667 bits per heavy atom. The molecule has 0 radical (unpaired) electrons. The van der Waals surface area contributed by atoms with Crippen LogP contribution >= 0.6 is 0 Å². The van der Waals surface area contributed by atoms with Crippen LogP contribution in [0.15, 0.2) is 0 Å². The number of hydrogen-bond acceptors (Lipinski definition) is 9. The molecule has 9 heteroatoms. The van der Waals surface area contributed by atoms with Gasteiger partial charge in [0.2, 0.25) is 0 Å². The Morgan fingerprint density at radius 2 is 0.952 bits per heavy atom. The second kappa shape index (κ2) is 19.6. The number of aliphatic hydroxyl groups excluding tert-OH is 8. The van der Waals surface area contributed by atoms with Gasteiger partial charge in [0.1, 0.15) is 24.4 Å². The van der Waals surface area contributed by atoms with E-state index >= 15 is 0 Å². The Bertz CT molecular complexity index is 164. The molecule has 9 nitrogen and oxygen atoms in total. The largest absolute Gasteiger partial charge is 0.394 e. The van der Waals surface area contributed by atoms with Crippen molar-refractivity contribution < 1.29 is 45.6 Å². The van der Waals surface area contributed by atoms with Gasteiger partial charge in [0.05, 0.1) is 26.4 Å². The molecule has 21 heavy (non-hydrogen) atoms. The third-order valence-corrected chi connectivity index (χ3v) is 2.02. The molecule has 0 unspecified atom stereocenters. The van der Waals surface area contributed by atoms with Crippen LogP contribution < -0.4 is 0 Å². The first-order chi connectivity index (χ1) is 9.87. The molecule has 0 spiro atoms. The van der Waals surface area contributed by atoms with Crippen molar-refractivity contribution in [1.82, 2.24) is 0 Å². The molecule has 0 amide bonds. The molecule has 0 aliphatic heterocycles. The van der Waals surface area contributed by atoms with E-state index in [0.29, 0.717) is 0 Å². The monoisotopic (exact) mass is 318 g/mol. The smallest absolute Gasteiger partial charge is 0.111 e. The van der Waals surface area contributed by atoms with Crippen molar-refractivity contribution in [3.63, 3.8) is 0 Å². The van der Waals surface area contributed by atoms with Gasteiger partial charge in [0.25, 0.3) is 0 Å². The molecule has 132 valence electrons. The van der Waals surface area contributed by atoms with E-state index in [1.54, 1.807) is 0 Å². The van der Waals surface area contributed by atoms with E-state index in [4.69, 9.17) is 45.6 Å². The van der Waals surface area contributed by atoms with Gasteiger partial charge in [-0.15, -0.1) is 0 Å². The van der Waals surface area contributed by atoms with Gasteiger partial charge in [-0.1, -0.05) is 0 Å². The molecule has 0 heterocycles. The zero-order chi connectivity index (χ0) is 17.3. The Kier molecular flexibility index (Phi) is 23.9. The lowest BCUT2D eigenvalue weighted by Gasteiger charge is -2.24. The number of hydrogen-bond donors (Lipinski definition) is 8. The van der Waals surface area contributed by atoms with E-state index in [1.807, 2.05) is 13.8 Å². The summed E-state index contributed by atoms with van der Waals surface area (Å²) in [7, 11) is 0. The Labute approximate surface area is 124 Å². The van der Waals surface area contributed by atoms with Crippen molar-refractivity contribution in [2.45, 2.75) is 38.3 Å². The first-order valence-electron chi connectivity index (χ1n) is 6.61. The van der Waals surface area contributed by atoms with Crippen LogP contribution in [-0.2, 0) is 4.74 Å². The van der Waals surface area contributed by atoms with Gasteiger partial charge in [0, 0.05) is 13.2 Å². The van der Waals surface area contributed by atoms with Crippen molar-refractivity contribution in [2.75, 3.05) is 39.6 Å². The molecule has 0 fully saturated rings. The summed E-state index contributed by atoms with van der Waals surface area (Å²) in [6, 6.07) is 0.